The van der Waals surface area contributed by atoms with E-state index in [4.69, 9.17) is 14.2 Å². The Hall–Kier alpha value is -4.04. The number of fused-ring (bicyclic) bond motifs is 1. The Balaban J connectivity index is 1.11. The number of carbonyl (C=O) groups is 1. The average molecular weight is 473 g/mol. The van der Waals surface area contributed by atoms with Gasteiger partial charge < -0.3 is 19.1 Å². The van der Waals surface area contributed by atoms with Gasteiger partial charge in [-0.05, 0) is 53.6 Å². The highest BCUT2D eigenvalue weighted by Crippen LogP contribution is 2.32. The van der Waals surface area contributed by atoms with E-state index in [0.29, 0.717) is 17.1 Å². The maximum Gasteiger partial charge on any atom is 0.271 e. The highest BCUT2D eigenvalue weighted by molar-refractivity contribution is 5.95. The van der Waals surface area contributed by atoms with Gasteiger partial charge in [-0.3, -0.25) is 9.69 Å². The zero-order valence-corrected chi connectivity index (χ0v) is 19.6. The van der Waals surface area contributed by atoms with Crippen LogP contribution in [-0.4, -0.2) is 57.1 Å². The second-order valence-electron chi connectivity index (χ2n) is 8.44. The van der Waals surface area contributed by atoms with Crippen LogP contribution in [0.15, 0.2) is 71.8 Å². The monoisotopic (exact) mass is 472 g/mol. The summed E-state index contributed by atoms with van der Waals surface area (Å²) in [6.07, 6.45) is 1.58. The molecule has 0 atom stereocenters. The third-order valence-electron chi connectivity index (χ3n) is 6.20. The number of carbonyl (C=O) groups excluding carboxylic acids is 1. The zero-order chi connectivity index (χ0) is 24.0. The molecule has 0 unspecified atom stereocenters. The van der Waals surface area contributed by atoms with E-state index in [0.717, 1.165) is 49.7 Å². The molecule has 0 aliphatic carbocycles. The van der Waals surface area contributed by atoms with Gasteiger partial charge in [-0.25, -0.2) is 5.43 Å². The first kappa shape index (κ1) is 22.7. The lowest BCUT2D eigenvalue weighted by Gasteiger charge is -2.36. The van der Waals surface area contributed by atoms with E-state index < -0.39 is 0 Å². The molecule has 0 radical (unpaired) electrons. The maximum absolute atomic E-state index is 12.5. The lowest BCUT2D eigenvalue weighted by molar-refractivity contribution is 0.0955. The van der Waals surface area contributed by atoms with Crippen molar-refractivity contribution >= 4 is 17.8 Å². The Kier molecular flexibility index (Phi) is 6.81. The van der Waals surface area contributed by atoms with E-state index in [2.05, 4.69) is 26.4 Å². The molecule has 1 fully saturated rings. The number of nitrogens with one attached hydrogen (secondary N) is 1. The van der Waals surface area contributed by atoms with Gasteiger partial charge in [0, 0.05) is 38.3 Å². The summed E-state index contributed by atoms with van der Waals surface area (Å²) in [5.74, 6) is 2.05. The number of methoxy groups -OCH3 is 1. The molecule has 0 spiro atoms. The second kappa shape index (κ2) is 10.5. The normalized spacial score (nSPS) is 15.4. The molecule has 1 saturated heterocycles. The fourth-order valence-electron chi connectivity index (χ4n) is 4.28. The van der Waals surface area contributed by atoms with Crippen LogP contribution < -0.4 is 24.5 Å². The van der Waals surface area contributed by atoms with Crippen LogP contribution in [0.25, 0.3) is 0 Å². The number of hydrogen-bond donors (Lipinski definition) is 1. The largest absolute Gasteiger partial charge is 0.495 e. The summed E-state index contributed by atoms with van der Waals surface area (Å²) < 4.78 is 16.2. The Morgan fingerprint density at radius 3 is 2.57 bits per heavy atom. The molecule has 180 valence electrons. The summed E-state index contributed by atoms with van der Waals surface area (Å²) >= 11 is 0. The van der Waals surface area contributed by atoms with Gasteiger partial charge in [-0.15, -0.1) is 0 Å². The van der Waals surface area contributed by atoms with E-state index in [9.17, 15) is 4.79 Å². The molecule has 2 heterocycles. The van der Waals surface area contributed by atoms with Crippen LogP contribution >= 0.6 is 0 Å². The predicted molar refractivity (Wildman–Crippen MR) is 135 cm³/mol. The molecule has 0 aromatic heterocycles. The van der Waals surface area contributed by atoms with Crippen molar-refractivity contribution in [3.8, 4) is 17.2 Å². The summed E-state index contributed by atoms with van der Waals surface area (Å²) in [6.45, 7) is 4.90. The first-order valence-electron chi connectivity index (χ1n) is 11.6. The molecule has 3 aromatic carbocycles. The average Bonchev–Trinajstić information content (AvgIpc) is 3.37. The summed E-state index contributed by atoms with van der Waals surface area (Å²) in [6, 6.07) is 21.3. The second-order valence-corrected chi connectivity index (χ2v) is 8.44. The molecule has 3 aromatic rings. The van der Waals surface area contributed by atoms with Crippen LogP contribution in [0, 0.1) is 0 Å². The van der Waals surface area contributed by atoms with Gasteiger partial charge in [0.1, 0.15) is 5.75 Å². The number of anilines is 1. The summed E-state index contributed by atoms with van der Waals surface area (Å²) in [5.41, 5.74) is 6.28. The minimum Gasteiger partial charge on any atom is -0.495 e. The van der Waals surface area contributed by atoms with Gasteiger partial charge in [0.05, 0.1) is 19.0 Å². The smallest absolute Gasteiger partial charge is 0.271 e. The van der Waals surface area contributed by atoms with Crippen LogP contribution in [0.2, 0.25) is 0 Å². The van der Waals surface area contributed by atoms with Crippen molar-refractivity contribution in [1.82, 2.24) is 10.3 Å². The number of amides is 1. The number of nitrogens with zero attached hydrogens (tertiary/aromatic N) is 3. The third-order valence-corrected chi connectivity index (χ3v) is 6.20. The van der Waals surface area contributed by atoms with E-state index in [1.807, 2.05) is 60.7 Å². The fraction of sp³-hybridized carbons (Fsp3) is 0.259. The van der Waals surface area contributed by atoms with Crippen LogP contribution in [0.1, 0.15) is 21.5 Å². The minimum absolute atomic E-state index is 0.224. The van der Waals surface area contributed by atoms with Gasteiger partial charge in [0.25, 0.3) is 5.91 Å². The number of piperazine rings is 1. The van der Waals surface area contributed by atoms with Crippen molar-refractivity contribution in [2.24, 2.45) is 5.10 Å². The zero-order valence-electron chi connectivity index (χ0n) is 19.6. The van der Waals surface area contributed by atoms with E-state index in [-0.39, 0.29) is 12.7 Å². The molecule has 8 nitrogen and oxygen atoms in total. The van der Waals surface area contributed by atoms with Gasteiger partial charge in [-0.1, -0.05) is 24.3 Å². The summed E-state index contributed by atoms with van der Waals surface area (Å²) in [7, 11) is 1.71. The topological polar surface area (TPSA) is 75.6 Å². The maximum atomic E-state index is 12.5. The Morgan fingerprint density at radius 2 is 1.77 bits per heavy atom. The molecule has 35 heavy (non-hydrogen) atoms. The van der Waals surface area contributed by atoms with Gasteiger partial charge in [0.15, 0.2) is 11.5 Å². The number of para-hydroxylation sites is 2. The van der Waals surface area contributed by atoms with Crippen LogP contribution in [0.5, 0.6) is 17.2 Å². The number of hydrogen-bond acceptors (Lipinski definition) is 7. The Labute approximate surface area is 204 Å². The van der Waals surface area contributed by atoms with Gasteiger partial charge in [0.2, 0.25) is 6.79 Å². The van der Waals surface area contributed by atoms with E-state index in [1.165, 1.54) is 5.56 Å². The van der Waals surface area contributed by atoms with Crippen molar-refractivity contribution in [1.29, 1.82) is 0 Å². The fourth-order valence-corrected chi connectivity index (χ4v) is 4.28. The standard InChI is InChI=1S/C27H28N4O4/c1-33-24-5-3-2-4-23(24)31-14-12-30(13-15-31)18-20-6-9-22(10-7-20)27(32)29-28-17-21-8-11-25-26(16-21)35-19-34-25/h2-11,16-17H,12-15,18-19H2,1H3,(H,29,32)/b28-17-. The third kappa shape index (κ3) is 5.38. The minimum atomic E-state index is -0.251. The molecule has 5 rings (SSSR count). The number of hydrazone groups is 1. The summed E-state index contributed by atoms with van der Waals surface area (Å²) in [4.78, 5) is 17.2. The number of benzene rings is 3. The van der Waals surface area contributed by atoms with Crippen molar-refractivity contribution in [2.45, 2.75) is 6.54 Å². The highest BCUT2D eigenvalue weighted by atomic mass is 16.7. The van der Waals surface area contributed by atoms with Crippen LogP contribution in [0.3, 0.4) is 0 Å². The highest BCUT2D eigenvalue weighted by Gasteiger charge is 2.19. The molecule has 2 aliphatic heterocycles. The first-order chi connectivity index (χ1) is 17.2. The molecule has 2 aliphatic rings. The van der Waals surface area contributed by atoms with Crippen molar-refractivity contribution in [3.63, 3.8) is 0 Å². The quantitative estimate of drug-likeness (QED) is 0.419. The Morgan fingerprint density at radius 1 is 1.00 bits per heavy atom. The van der Waals surface area contributed by atoms with E-state index >= 15 is 0 Å². The molecule has 8 heteroatoms. The molecular weight excluding hydrogens is 444 g/mol. The molecule has 0 saturated carbocycles. The van der Waals surface area contributed by atoms with Crippen LogP contribution in [-0.2, 0) is 6.54 Å². The first-order valence-corrected chi connectivity index (χ1v) is 11.6. The molecule has 0 bridgehead atoms. The Bertz CT molecular complexity index is 1200. The van der Waals surface area contributed by atoms with Crippen molar-refractivity contribution < 1.29 is 19.0 Å². The number of rotatable bonds is 7. The van der Waals surface area contributed by atoms with Crippen LogP contribution in [0.4, 0.5) is 5.69 Å². The van der Waals surface area contributed by atoms with Crippen molar-refractivity contribution in [3.05, 3.63) is 83.4 Å². The SMILES string of the molecule is COc1ccccc1N1CCN(Cc2ccc(C(=O)N/N=C\c3ccc4c(c3)OCO4)cc2)CC1. The van der Waals surface area contributed by atoms with Gasteiger partial charge in [-0.2, -0.15) is 5.10 Å². The van der Waals surface area contributed by atoms with Crippen molar-refractivity contribution in [2.75, 3.05) is 45.0 Å². The summed E-state index contributed by atoms with van der Waals surface area (Å²) in [5, 5.41) is 4.06. The number of ether oxygens (including phenoxy) is 3. The predicted octanol–water partition coefficient (Wildman–Crippen LogP) is 3.51. The lowest BCUT2D eigenvalue weighted by atomic mass is 10.1. The molecule has 1 N–H and O–H groups in total. The van der Waals surface area contributed by atoms with E-state index in [1.54, 1.807) is 13.3 Å². The van der Waals surface area contributed by atoms with Gasteiger partial charge >= 0.3 is 0 Å². The lowest BCUT2D eigenvalue weighted by Crippen LogP contribution is -2.46. The molecular formula is C27H28N4O4. The molecule has 1 amide bonds.